The highest BCUT2D eigenvalue weighted by Crippen LogP contribution is 2.29. The molecule has 2 rings (SSSR count). The van der Waals surface area contributed by atoms with Crippen molar-refractivity contribution in [2.75, 3.05) is 31.6 Å². The maximum Gasteiger partial charge on any atom is 0.101 e. The van der Waals surface area contributed by atoms with Gasteiger partial charge in [0, 0.05) is 13.1 Å². The van der Waals surface area contributed by atoms with Crippen molar-refractivity contribution in [2.45, 2.75) is 13.3 Å². The monoisotopic (exact) mass is 229 g/mol. The Kier molecular flexibility index (Phi) is 3.65. The van der Waals surface area contributed by atoms with Crippen molar-refractivity contribution in [3.63, 3.8) is 0 Å². The first kappa shape index (κ1) is 11.9. The van der Waals surface area contributed by atoms with Crippen molar-refractivity contribution < 1.29 is 0 Å². The van der Waals surface area contributed by atoms with E-state index in [1.165, 1.54) is 12.0 Å². The third kappa shape index (κ3) is 2.42. The van der Waals surface area contributed by atoms with Crippen LogP contribution >= 0.6 is 0 Å². The lowest BCUT2D eigenvalue weighted by atomic mass is 10.1. The molecule has 0 saturated carbocycles. The van der Waals surface area contributed by atoms with Crippen LogP contribution in [0.2, 0.25) is 0 Å². The van der Waals surface area contributed by atoms with E-state index in [0.717, 1.165) is 30.9 Å². The Balaban J connectivity index is 2.22. The molecule has 0 bridgehead atoms. The molecule has 1 atom stereocenters. The van der Waals surface area contributed by atoms with Crippen LogP contribution in [0.5, 0.6) is 0 Å². The number of nitriles is 1. The Hall–Kier alpha value is -1.53. The van der Waals surface area contributed by atoms with E-state index in [0.29, 0.717) is 5.92 Å². The predicted octanol–water partition coefficient (Wildman–Crippen LogP) is 1.91. The molecular weight excluding hydrogens is 210 g/mol. The van der Waals surface area contributed by atoms with Gasteiger partial charge in [0.2, 0.25) is 0 Å². The number of anilines is 1. The first-order valence-corrected chi connectivity index (χ1v) is 6.15. The minimum Gasteiger partial charge on any atom is -0.370 e. The first-order chi connectivity index (χ1) is 8.26. The number of para-hydroxylation sites is 1. The van der Waals surface area contributed by atoms with Crippen LogP contribution in [0.15, 0.2) is 18.2 Å². The van der Waals surface area contributed by atoms with Crippen molar-refractivity contribution in [3.8, 4) is 6.07 Å². The number of nitrogens with zero attached hydrogens (tertiary/aromatic N) is 2. The van der Waals surface area contributed by atoms with Crippen LogP contribution in [0.3, 0.4) is 0 Å². The topological polar surface area (TPSA) is 39.1 Å². The average Bonchev–Trinajstić information content (AvgIpc) is 2.77. The molecule has 1 aliphatic rings. The Labute approximate surface area is 103 Å². The van der Waals surface area contributed by atoms with Crippen LogP contribution in [0.4, 0.5) is 5.69 Å². The fraction of sp³-hybridized carbons (Fsp3) is 0.500. The molecule has 1 N–H and O–H groups in total. The summed E-state index contributed by atoms with van der Waals surface area (Å²) in [7, 11) is 2.00. The number of rotatable bonds is 3. The van der Waals surface area contributed by atoms with E-state index in [2.05, 4.69) is 29.3 Å². The Morgan fingerprint density at radius 3 is 3.06 bits per heavy atom. The van der Waals surface area contributed by atoms with Gasteiger partial charge >= 0.3 is 0 Å². The Bertz CT molecular complexity index is 434. The van der Waals surface area contributed by atoms with E-state index >= 15 is 0 Å². The molecule has 90 valence electrons. The maximum absolute atomic E-state index is 9.18. The third-order valence-electron chi connectivity index (χ3n) is 3.45. The summed E-state index contributed by atoms with van der Waals surface area (Å²) in [6.45, 7) is 5.26. The van der Waals surface area contributed by atoms with Gasteiger partial charge in [-0.25, -0.2) is 0 Å². The van der Waals surface area contributed by atoms with E-state index in [1.807, 2.05) is 19.2 Å². The molecule has 1 fully saturated rings. The van der Waals surface area contributed by atoms with Crippen LogP contribution < -0.4 is 10.2 Å². The van der Waals surface area contributed by atoms with Crippen LogP contribution in [-0.2, 0) is 0 Å². The van der Waals surface area contributed by atoms with Gasteiger partial charge in [-0.15, -0.1) is 0 Å². The molecule has 1 aromatic carbocycles. The van der Waals surface area contributed by atoms with Crippen LogP contribution in [0.25, 0.3) is 0 Å². The minimum absolute atomic E-state index is 0.700. The number of aryl methyl sites for hydroxylation is 1. The largest absolute Gasteiger partial charge is 0.370 e. The van der Waals surface area contributed by atoms with Gasteiger partial charge in [0.05, 0.1) is 11.3 Å². The Morgan fingerprint density at radius 2 is 2.35 bits per heavy atom. The summed E-state index contributed by atoms with van der Waals surface area (Å²) in [5, 5.41) is 12.4. The summed E-state index contributed by atoms with van der Waals surface area (Å²) < 4.78 is 0. The SMILES string of the molecule is CNCC1CCN(c2c(C)cccc2C#N)C1. The third-order valence-corrected chi connectivity index (χ3v) is 3.45. The summed E-state index contributed by atoms with van der Waals surface area (Å²) in [5.41, 5.74) is 3.14. The van der Waals surface area contributed by atoms with Gasteiger partial charge in [-0.2, -0.15) is 5.26 Å². The minimum atomic E-state index is 0.700. The second-order valence-corrected chi connectivity index (χ2v) is 4.74. The molecule has 1 unspecified atom stereocenters. The number of hydrogen-bond acceptors (Lipinski definition) is 3. The van der Waals surface area contributed by atoms with E-state index in [4.69, 9.17) is 0 Å². The molecule has 3 nitrogen and oxygen atoms in total. The summed E-state index contributed by atoms with van der Waals surface area (Å²) in [4.78, 5) is 2.36. The maximum atomic E-state index is 9.18. The standard InChI is InChI=1S/C14H19N3/c1-11-4-3-5-13(8-15)14(11)17-7-6-12(10-17)9-16-2/h3-5,12,16H,6-7,9-10H2,1-2H3. The first-order valence-electron chi connectivity index (χ1n) is 6.15. The highest BCUT2D eigenvalue weighted by molar-refractivity contribution is 5.64. The summed E-state index contributed by atoms with van der Waals surface area (Å²) >= 11 is 0. The molecule has 1 saturated heterocycles. The smallest absolute Gasteiger partial charge is 0.101 e. The van der Waals surface area contributed by atoms with Crippen LogP contribution in [0, 0.1) is 24.2 Å². The van der Waals surface area contributed by atoms with Gasteiger partial charge in [0.15, 0.2) is 0 Å². The van der Waals surface area contributed by atoms with Crippen LogP contribution in [-0.4, -0.2) is 26.7 Å². The molecule has 17 heavy (non-hydrogen) atoms. The normalized spacial score (nSPS) is 19.4. The molecule has 0 amide bonds. The predicted molar refractivity (Wildman–Crippen MR) is 70.1 cm³/mol. The van der Waals surface area contributed by atoms with Crippen molar-refractivity contribution >= 4 is 5.69 Å². The van der Waals surface area contributed by atoms with E-state index in [9.17, 15) is 5.26 Å². The number of nitrogens with one attached hydrogen (secondary N) is 1. The number of benzene rings is 1. The molecule has 1 aromatic rings. The zero-order chi connectivity index (χ0) is 12.3. The van der Waals surface area contributed by atoms with Gasteiger partial charge in [0.25, 0.3) is 0 Å². The lowest BCUT2D eigenvalue weighted by molar-refractivity contribution is 0.549. The lowest BCUT2D eigenvalue weighted by Crippen LogP contribution is -2.25. The molecule has 0 radical (unpaired) electrons. The fourth-order valence-corrected chi connectivity index (χ4v) is 2.66. The van der Waals surface area contributed by atoms with Crippen LogP contribution in [0.1, 0.15) is 17.5 Å². The average molecular weight is 229 g/mol. The molecule has 1 heterocycles. The molecule has 1 aliphatic heterocycles. The van der Waals surface area contributed by atoms with Crippen molar-refractivity contribution in [3.05, 3.63) is 29.3 Å². The molecule has 0 spiro atoms. The van der Waals surface area contributed by atoms with E-state index < -0.39 is 0 Å². The summed E-state index contributed by atoms with van der Waals surface area (Å²) in [6, 6.07) is 8.26. The van der Waals surface area contributed by atoms with Gasteiger partial charge in [-0.1, -0.05) is 12.1 Å². The second kappa shape index (κ2) is 5.20. The van der Waals surface area contributed by atoms with E-state index in [-0.39, 0.29) is 0 Å². The summed E-state index contributed by atoms with van der Waals surface area (Å²) in [6.07, 6.45) is 1.21. The number of hydrogen-bond donors (Lipinski definition) is 1. The lowest BCUT2D eigenvalue weighted by Gasteiger charge is -2.22. The highest BCUT2D eigenvalue weighted by atomic mass is 15.2. The van der Waals surface area contributed by atoms with E-state index in [1.54, 1.807) is 0 Å². The summed E-state index contributed by atoms with van der Waals surface area (Å²) in [5.74, 6) is 0.700. The zero-order valence-corrected chi connectivity index (χ0v) is 10.5. The molecule has 0 aliphatic carbocycles. The highest BCUT2D eigenvalue weighted by Gasteiger charge is 2.24. The molecule has 3 heteroatoms. The van der Waals surface area contributed by atoms with Gasteiger partial charge in [-0.3, -0.25) is 0 Å². The second-order valence-electron chi connectivity index (χ2n) is 4.74. The Morgan fingerprint density at radius 1 is 1.53 bits per heavy atom. The molecular formula is C14H19N3. The van der Waals surface area contributed by atoms with Crippen molar-refractivity contribution in [1.29, 1.82) is 5.26 Å². The molecule has 0 aromatic heterocycles. The van der Waals surface area contributed by atoms with Gasteiger partial charge in [-0.05, 0) is 44.5 Å². The fourth-order valence-electron chi connectivity index (χ4n) is 2.66. The van der Waals surface area contributed by atoms with Crippen molar-refractivity contribution in [1.82, 2.24) is 5.32 Å². The van der Waals surface area contributed by atoms with Gasteiger partial charge in [0.1, 0.15) is 6.07 Å². The quantitative estimate of drug-likeness (QED) is 0.860. The zero-order valence-electron chi connectivity index (χ0n) is 10.5. The van der Waals surface area contributed by atoms with Crippen molar-refractivity contribution in [2.24, 2.45) is 5.92 Å². The van der Waals surface area contributed by atoms with Gasteiger partial charge < -0.3 is 10.2 Å².